The second-order valence-electron chi connectivity index (χ2n) is 7.85. The van der Waals surface area contributed by atoms with E-state index in [2.05, 4.69) is 0 Å². The minimum atomic E-state index is -0.567. The SMILES string of the molecule is CC(C)(C)OC(=O)C12C=C(c3ccccc3Cl)C(N)(CC1)CC2. The van der Waals surface area contributed by atoms with Crippen molar-refractivity contribution in [3.05, 3.63) is 40.9 Å². The molecular weight excluding hydrogens is 310 g/mol. The van der Waals surface area contributed by atoms with Gasteiger partial charge >= 0.3 is 5.97 Å². The molecule has 1 aromatic carbocycles. The predicted molar refractivity (Wildman–Crippen MR) is 93.1 cm³/mol. The van der Waals surface area contributed by atoms with Crippen LogP contribution >= 0.6 is 11.6 Å². The number of fused-ring (bicyclic) bond motifs is 2. The van der Waals surface area contributed by atoms with E-state index in [0.29, 0.717) is 5.02 Å². The molecule has 0 aliphatic heterocycles. The first-order chi connectivity index (χ1) is 10.7. The van der Waals surface area contributed by atoms with E-state index in [1.165, 1.54) is 0 Å². The average molecular weight is 334 g/mol. The van der Waals surface area contributed by atoms with Crippen molar-refractivity contribution in [1.29, 1.82) is 0 Å². The monoisotopic (exact) mass is 333 g/mol. The van der Waals surface area contributed by atoms with Gasteiger partial charge in [0.25, 0.3) is 0 Å². The smallest absolute Gasteiger partial charge is 0.316 e. The van der Waals surface area contributed by atoms with Crippen LogP contribution in [0, 0.1) is 5.41 Å². The van der Waals surface area contributed by atoms with Crippen LogP contribution in [0.3, 0.4) is 0 Å². The highest BCUT2D eigenvalue weighted by atomic mass is 35.5. The molecule has 0 radical (unpaired) electrons. The molecule has 1 fully saturated rings. The summed E-state index contributed by atoms with van der Waals surface area (Å²) in [7, 11) is 0. The van der Waals surface area contributed by atoms with Crippen LogP contribution in [0.15, 0.2) is 30.3 Å². The maximum Gasteiger partial charge on any atom is 0.316 e. The fourth-order valence-corrected chi connectivity index (χ4v) is 3.88. The Hall–Kier alpha value is -1.32. The molecule has 0 heterocycles. The lowest BCUT2D eigenvalue weighted by Gasteiger charge is -2.49. The van der Waals surface area contributed by atoms with Crippen LogP contribution in [0.25, 0.3) is 5.57 Å². The molecule has 2 N–H and O–H groups in total. The molecule has 4 rings (SSSR count). The van der Waals surface area contributed by atoms with Gasteiger partial charge in [0, 0.05) is 10.6 Å². The number of rotatable bonds is 2. The van der Waals surface area contributed by atoms with Crippen molar-refractivity contribution in [2.75, 3.05) is 0 Å². The molecule has 2 bridgehead atoms. The lowest BCUT2D eigenvalue weighted by atomic mass is 9.58. The fourth-order valence-electron chi connectivity index (χ4n) is 3.64. The summed E-state index contributed by atoms with van der Waals surface area (Å²) >= 11 is 6.38. The molecule has 3 aliphatic rings. The van der Waals surface area contributed by atoms with Gasteiger partial charge in [-0.2, -0.15) is 0 Å². The van der Waals surface area contributed by atoms with E-state index in [9.17, 15) is 4.79 Å². The standard InChI is InChI=1S/C19H24ClNO2/c1-17(2,3)23-16(22)18-8-10-19(21,11-9-18)14(12-18)13-6-4-5-7-15(13)20/h4-7,12H,8-11,21H2,1-3H3. The van der Waals surface area contributed by atoms with E-state index in [1.54, 1.807) is 0 Å². The molecule has 0 saturated heterocycles. The van der Waals surface area contributed by atoms with Crippen LogP contribution in [0.4, 0.5) is 0 Å². The molecule has 1 saturated carbocycles. The third-order valence-corrected chi connectivity index (χ3v) is 5.29. The summed E-state index contributed by atoms with van der Waals surface area (Å²) in [5.74, 6) is -0.142. The summed E-state index contributed by atoms with van der Waals surface area (Å²) in [6, 6.07) is 7.70. The van der Waals surface area contributed by atoms with Gasteiger partial charge in [0.2, 0.25) is 0 Å². The van der Waals surface area contributed by atoms with Crippen molar-refractivity contribution in [1.82, 2.24) is 0 Å². The van der Waals surface area contributed by atoms with Crippen LogP contribution < -0.4 is 5.73 Å². The summed E-state index contributed by atoms with van der Waals surface area (Å²) in [4.78, 5) is 12.8. The number of esters is 1. The lowest BCUT2D eigenvalue weighted by molar-refractivity contribution is -0.167. The Morgan fingerprint density at radius 1 is 1.17 bits per heavy atom. The first-order valence-corrected chi connectivity index (χ1v) is 8.54. The van der Waals surface area contributed by atoms with Gasteiger partial charge in [-0.3, -0.25) is 4.79 Å². The van der Waals surface area contributed by atoms with Crippen LogP contribution in [-0.2, 0) is 9.53 Å². The molecule has 3 nitrogen and oxygen atoms in total. The molecule has 0 unspecified atom stereocenters. The number of nitrogens with two attached hydrogens (primary N) is 1. The van der Waals surface area contributed by atoms with Gasteiger partial charge in [-0.25, -0.2) is 0 Å². The molecule has 1 aromatic rings. The zero-order valence-electron chi connectivity index (χ0n) is 14.0. The second-order valence-corrected chi connectivity index (χ2v) is 8.26. The summed E-state index contributed by atoms with van der Waals surface area (Å²) in [6.45, 7) is 5.71. The first-order valence-electron chi connectivity index (χ1n) is 8.16. The predicted octanol–water partition coefficient (Wildman–Crippen LogP) is 4.34. The Kier molecular flexibility index (Phi) is 3.85. The maximum absolute atomic E-state index is 12.8. The Balaban J connectivity index is 2.04. The normalized spacial score (nSPS) is 30.0. The van der Waals surface area contributed by atoms with Gasteiger partial charge in [0.15, 0.2) is 0 Å². The topological polar surface area (TPSA) is 52.3 Å². The van der Waals surface area contributed by atoms with Crippen molar-refractivity contribution in [2.45, 2.75) is 57.6 Å². The summed E-state index contributed by atoms with van der Waals surface area (Å²) in [6.07, 6.45) is 5.08. The van der Waals surface area contributed by atoms with Crippen LogP contribution in [0.2, 0.25) is 5.02 Å². The quantitative estimate of drug-likeness (QED) is 0.819. The summed E-state index contributed by atoms with van der Waals surface area (Å²) < 4.78 is 5.69. The maximum atomic E-state index is 12.8. The number of ether oxygens (including phenoxy) is 1. The van der Waals surface area contributed by atoms with E-state index in [-0.39, 0.29) is 5.97 Å². The Morgan fingerprint density at radius 2 is 1.78 bits per heavy atom. The van der Waals surface area contributed by atoms with Crippen molar-refractivity contribution < 1.29 is 9.53 Å². The molecule has 0 aromatic heterocycles. The van der Waals surface area contributed by atoms with Gasteiger partial charge in [0.1, 0.15) is 5.60 Å². The van der Waals surface area contributed by atoms with Gasteiger partial charge in [-0.1, -0.05) is 35.9 Å². The highest BCUT2D eigenvalue weighted by molar-refractivity contribution is 6.32. The molecule has 0 amide bonds. The van der Waals surface area contributed by atoms with E-state index < -0.39 is 16.6 Å². The Bertz CT molecular complexity index is 664. The molecule has 124 valence electrons. The summed E-state index contributed by atoms with van der Waals surface area (Å²) in [5, 5.41) is 0.676. The number of carbonyl (C=O) groups excluding carboxylic acids is 1. The van der Waals surface area contributed by atoms with Crippen molar-refractivity contribution in [3.63, 3.8) is 0 Å². The average Bonchev–Trinajstić information content (AvgIpc) is 2.47. The number of hydrogen-bond donors (Lipinski definition) is 1. The van der Waals surface area contributed by atoms with Crippen molar-refractivity contribution in [2.24, 2.45) is 11.1 Å². The molecule has 0 spiro atoms. The van der Waals surface area contributed by atoms with E-state index in [4.69, 9.17) is 22.1 Å². The highest BCUT2D eigenvalue weighted by Crippen LogP contribution is 2.54. The second kappa shape index (κ2) is 5.35. The van der Waals surface area contributed by atoms with E-state index in [1.807, 2.05) is 51.1 Å². The van der Waals surface area contributed by atoms with E-state index in [0.717, 1.165) is 36.8 Å². The molecular formula is C19H24ClNO2. The van der Waals surface area contributed by atoms with Gasteiger partial charge in [-0.15, -0.1) is 0 Å². The minimum Gasteiger partial charge on any atom is -0.459 e. The minimum absolute atomic E-state index is 0.142. The number of hydrogen-bond acceptors (Lipinski definition) is 3. The zero-order chi connectivity index (χ0) is 16.9. The number of halogens is 1. The lowest BCUT2D eigenvalue weighted by Crippen LogP contribution is -2.54. The van der Waals surface area contributed by atoms with Crippen LogP contribution in [-0.4, -0.2) is 17.1 Å². The van der Waals surface area contributed by atoms with Gasteiger partial charge in [0.05, 0.1) is 5.41 Å². The van der Waals surface area contributed by atoms with Crippen molar-refractivity contribution in [3.8, 4) is 0 Å². The molecule has 23 heavy (non-hydrogen) atoms. The molecule has 4 heteroatoms. The first kappa shape index (κ1) is 16.5. The van der Waals surface area contributed by atoms with Crippen molar-refractivity contribution >= 4 is 23.1 Å². The zero-order valence-corrected chi connectivity index (χ0v) is 14.7. The Morgan fingerprint density at radius 3 is 2.35 bits per heavy atom. The molecule has 3 aliphatic carbocycles. The highest BCUT2D eigenvalue weighted by Gasteiger charge is 2.52. The Labute approximate surface area is 142 Å². The van der Waals surface area contributed by atoms with Crippen LogP contribution in [0.1, 0.15) is 52.0 Å². The fraction of sp³-hybridized carbons (Fsp3) is 0.526. The van der Waals surface area contributed by atoms with Gasteiger partial charge < -0.3 is 10.5 Å². The summed E-state index contributed by atoms with van der Waals surface area (Å²) in [5.41, 5.74) is 7.13. The molecule has 0 atom stereocenters. The van der Waals surface area contributed by atoms with Crippen LogP contribution in [0.5, 0.6) is 0 Å². The van der Waals surface area contributed by atoms with E-state index >= 15 is 0 Å². The third-order valence-electron chi connectivity index (χ3n) is 4.96. The third kappa shape index (κ3) is 2.92. The largest absolute Gasteiger partial charge is 0.459 e. The van der Waals surface area contributed by atoms with Gasteiger partial charge in [-0.05, 0) is 63.7 Å². The number of carbonyl (C=O) groups is 1. The number of benzene rings is 1.